The largest absolute Gasteiger partial charge is 0.490 e. The number of anilines is 1. The first-order chi connectivity index (χ1) is 15.2. The molecule has 0 bridgehead atoms. The van der Waals surface area contributed by atoms with Gasteiger partial charge in [-0.25, -0.2) is 9.69 Å². The van der Waals surface area contributed by atoms with Crippen LogP contribution in [0.2, 0.25) is 0 Å². The monoisotopic (exact) mass is 564 g/mol. The number of imide groups is 2. The zero-order valence-electron chi connectivity index (χ0n) is 17.8. The molecule has 1 fully saturated rings. The molecule has 168 valence electrons. The van der Waals surface area contributed by atoms with E-state index in [9.17, 15) is 14.4 Å². The molecule has 1 aliphatic rings. The van der Waals surface area contributed by atoms with Crippen molar-refractivity contribution in [3.8, 4) is 11.5 Å². The van der Waals surface area contributed by atoms with Crippen molar-refractivity contribution in [2.75, 3.05) is 11.5 Å². The Hall–Kier alpha value is -2.65. The minimum atomic E-state index is -0.798. The second-order valence-corrected chi connectivity index (χ2v) is 8.80. The van der Waals surface area contributed by atoms with Gasteiger partial charge in [0.2, 0.25) is 0 Å². The van der Waals surface area contributed by atoms with Gasteiger partial charge in [-0.15, -0.1) is 0 Å². The van der Waals surface area contributed by atoms with Crippen LogP contribution in [-0.4, -0.2) is 30.6 Å². The van der Waals surface area contributed by atoms with Crippen molar-refractivity contribution in [2.45, 2.75) is 33.3 Å². The number of halogens is 2. The van der Waals surface area contributed by atoms with E-state index < -0.39 is 17.8 Å². The fourth-order valence-corrected chi connectivity index (χ4v) is 3.80. The highest BCUT2D eigenvalue weighted by Crippen LogP contribution is 2.38. The zero-order chi connectivity index (χ0) is 23.4. The fourth-order valence-electron chi connectivity index (χ4n) is 2.98. The Morgan fingerprint density at radius 2 is 1.78 bits per heavy atom. The molecule has 1 N–H and O–H groups in total. The summed E-state index contributed by atoms with van der Waals surface area (Å²) in [6, 6.07) is 9.26. The van der Waals surface area contributed by atoms with Crippen LogP contribution in [-0.2, 0) is 9.59 Å². The highest BCUT2D eigenvalue weighted by atomic mass is 79.9. The predicted octanol–water partition coefficient (Wildman–Crippen LogP) is 5.45. The third-order valence-electron chi connectivity index (χ3n) is 4.72. The van der Waals surface area contributed by atoms with E-state index in [2.05, 4.69) is 37.2 Å². The Balaban J connectivity index is 2.01. The second-order valence-electron chi connectivity index (χ2n) is 7.03. The lowest BCUT2D eigenvalue weighted by atomic mass is 10.1. The Morgan fingerprint density at radius 3 is 2.41 bits per heavy atom. The fraction of sp³-hybridized carbons (Fsp3) is 0.261. The molecule has 0 radical (unpaired) electrons. The van der Waals surface area contributed by atoms with E-state index in [1.807, 2.05) is 20.8 Å². The van der Waals surface area contributed by atoms with E-state index in [1.54, 1.807) is 36.4 Å². The van der Waals surface area contributed by atoms with Gasteiger partial charge in [-0.05, 0) is 84.2 Å². The molecule has 0 aromatic heterocycles. The number of rotatable bonds is 7. The highest BCUT2D eigenvalue weighted by Gasteiger charge is 2.36. The second kappa shape index (κ2) is 10.3. The summed E-state index contributed by atoms with van der Waals surface area (Å²) in [5.41, 5.74) is 0.723. The number of nitrogens with one attached hydrogen (secondary N) is 1. The summed E-state index contributed by atoms with van der Waals surface area (Å²) in [5.74, 6) is -0.439. The van der Waals surface area contributed by atoms with Gasteiger partial charge < -0.3 is 9.47 Å². The molecule has 0 spiro atoms. The van der Waals surface area contributed by atoms with Gasteiger partial charge in [0.05, 0.1) is 22.9 Å². The van der Waals surface area contributed by atoms with Crippen molar-refractivity contribution in [1.29, 1.82) is 0 Å². The van der Waals surface area contributed by atoms with E-state index in [1.165, 1.54) is 6.08 Å². The number of urea groups is 1. The van der Waals surface area contributed by atoms with Gasteiger partial charge in [0.1, 0.15) is 5.57 Å². The standard InChI is InChI=1S/C23H22Br2N2O5/c1-4-13(3)32-20-18(25)11-14(12-19(20)31-5-2)10-17-21(28)26-23(30)27(22(17)29)16-8-6-15(24)7-9-16/h6-13H,4-5H2,1-3H3,(H,26,28,30)/b17-10+/t13-/m1/s1. The van der Waals surface area contributed by atoms with Crippen LogP contribution in [0.25, 0.3) is 6.08 Å². The molecule has 0 saturated carbocycles. The smallest absolute Gasteiger partial charge is 0.335 e. The van der Waals surface area contributed by atoms with Gasteiger partial charge in [0.15, 0.2) is 11.5 Å². The SMILES string of the molecule is CCOc1cc(/C=C2\C(=O)NC(=O)N(c3ccc(Br)cc3)C2=O)cc(Br)c1O[C@H](C)CC. The van der Waals surface area contributed by atoms with Crippen LogP contribution in [0, 0.1) is 0 Å². The summed E-state index contributed by atoms with van der Waals surface area (Å²) in [5, 5.41) is 2.22. The molecule has 2 aromatic rings. The van der Waals surface area contributed by atoms with Crippen molar-refractivity contribution < 1.29 is 23.9 Å². The lowest BCUT2D eigenvalue weighted by Crippen LogP contribution is -2.54. The van der Waals surface area contributed by atoms with Gasteiger partial charge in [-0.1, -0.05) is 22.9 Å². The summed E-state index contributed by atoms with van der Waals surface area (Å²) in [6.07, 6.45) is 2.22. The van der Waals surface area contributed by atoms with Gasteiger partial charge >= 0.3 is 6.03 Å². The Kier molecular flexibility index (Phi) is 7.73. The van der Waals surface area contributed by atoms with Crippen molar-refractivity contribution >= 4 is 61.5 Å². The zero-order valence-corrected chi connectivity index (χ0v) is 20.9. The first kappa shape index (κ1) is 24.0. The summed E-state index contributed by atoms with van der Waals surface area (Å²) >= 11 is 6.82. The van der Waals surface area contributed by atoms with Crippen LogP contribution in [0.1, 0.15) is 32.8 Å². The molecule has 32 heavy (non-hydrogen) atoms. The van der Waals surface area contributed by atoms with Gasteiger partial charge in [-0.2, -0.15) is 0 Å². The Morgan fingerprint density at radius 1 is 1.09 bits per heavy atom. The maximum atomic E-state index is 13.1. The summed E-state index contributed by atoms with van der Waals surface area (Å²) in [4.78, 5) is 38.8. The molecule has 1 aliphatic heterocycles. The van der Waals surface area contributed by atoms with Crippen LogP contribution >= 0.6 is 31.9 Å². The Bertz CT molecular complexity index is 1080. The number of ether oxygens (including phenoxy) is 2. The molecule has 7 nitrogen and oxygen atoms in total. The van der Waals surface area contributed by atoms with E-state index in [0.29, 0.717) is 33.8 Å². The normalized spacial score (nSPS) is 16.2. The number of amides is 4. The van der Waals surface area contributed by atoms with Crippen molar-refractivity contribution in [3.05, 3.63) is 56.5 Å². The number of benzene rings is 2. The molecule has 1 heterocycles. The summed E-state index contributed by atoms with van der Waals surface area (Å²) < 4.78 is 13.1. The van der Waals surface area contributed by atoms with Crippen LogP contribution in [0.3, 0.4) is 0 Å². The van der Waals surface area contributed by atoms with Crippen LogP contribution in [0.5, 0.6) is 11.5 Å². The molecule has 2 aromatic carbocycles. The average Bonchev–Trinajstić information content (AvgIpc) is 2.74. The number of barbiturate groups is 1. The predicted molar refractivity (Wildman–Crippen MR) is 129 cm³/mol. The van der Waals surface area contributed by atoms with E-state index >= 15 is 0 Å². The molecular formula is C23H22Br2N2O5. The third-order valence-corrected chi connectivity index (χ3v) is 5.84. The summed E-state index contributed by atoms with van der Waals surface area (Å²) in [7, 11) is 0. The van der Waals surface area contributed by atoms with Crippen LogP contribution < -0.4 is 19.7 Å². The third kappa shape index (κ3) is 5.21. The highest BCUT2D eigenvalue weighted by molar-refractivity contribution is 9.10. The van der Waals surface area contributed by atoms with Crippen LogP contribution in [0.4, 0.5) is 10.5 Å². The molecule has 1 saturated heterocycles. The quantitative estimate of drug-likeness (QED) is 0.356. The number of nitrogens with zero attached hydrogens (tertiary/aromatic N) is 1. The van der Waals surface area contributed by atoms with Crippen molar-refractivity contribution in [2.24, 2.45) is 0 Å². The number of hydrogen-bond acceptors (Lipinski definition) is 5. The first-order valence-electron chi connectivity index (χ1n) is 10.0. The minimum absolute atomic E-state index is 0.0223. The summed E-state index contributed by atoms with van der Waals surface area (Å²) in [6.45, 7) is 6.24. The molecule has 9 heteroatoms. The molecule has 1 atom stereocenters. The minimum Gasteiger partial charge on any atom is -0.490 e. The van der Waals surface area contributed by atoms with Gasteiger partial charge in [0, 0.05) is 4.47 Å². The maximum absolute atomic E-state index is 13.1. The van der Waals surface area contributed by atoms with Crippen LogP contribution in [0.15, 0.2) is 50.9 Å². The Labute approximate surface area is 203 Å². The molecule has 3 rings (SSSR count). The molecule has 0 aliphatic carbocycles. The molecular weight excluding hydrogens is 544 g/mol. The molecule has 4 amide bonds. The van der Waals surface area contributed by atoms with E-state index in [0.717, 1.165) is 15.8 Å². The number of carbonyl (C=O) groups is 3. The van der Waals surface area contributed by atoms with Crippen molar-refractivity contribution in [3.63, 3.8) is 0 Å². The van der Waals surface area contributed by atoms with E-state index in [-0.39, 0.29) is 11.7 Å². The van der Waals surface area contributed by atoms with Gasteiger partial charge in [0.25, 0.3) is 11.8 Å². The lowest BCUT2D eigenvalue weighted by Gasteiger charge is -2.26. The number of carbonyl (C=O) groups excluding carboxylic acids is 3. The van der Waals surface area contributed by atoms with Gasteiger partial charge in [-0.3, -0.25) is 14.9 Å². The molecule has 0 unspecified atom stereocenters. The number of hydrogen-bond donors (Lipinski definition) is 1. The lowest BCUT2D eigenvalue weighted by molar-refractivity contribution is -0.122. The topological polar surface area (TPSA) is 84.9 Å². The average molecular weight is 566 g/mol. The van der Waals surface area contributed by atoms with Crippen molar-refractivity contribution in [1.82, 2.24) is 5.32 Å². The first-order valence-corrected chi connectivity index (χ1v) is 11.6. The van der Waals surface area contributed by atoms with E-state index in [4.69, 9.17) is 9.47 Å². The maximum Gasteiger partial charge on any atom is 0.335 e.